The number of carbonyl (C=O) groups is 1. The van der Waals surface area contributed by atoms with E-state index in [0.29, 0.717) is 44.4 Å². The topological polar surface area (TPSA) is 75.5 Å². The average Bonchev–Trinajstić information content (AvgIpc) is 3.35. The molecule has 25 heavy (non-hydrogen) atoms. The second-order valence-electron chi connectivity index (χ2n) is 6.56. The summed E-state index contributed by atoms with van der Waals surface area (Å²) in [5.74, 6) is 0.835. The maximum Gasteiger partial charge on any atom is 0.254 e. The number of ether oxygens (including phenoxy) is 2. The van der Waals surface area contributed by atoms with E-state index in [0.717, 1.165) is 5.56 Å². The van der Waals surface area contributed by atoms with Crippen LogP contribution in [0.4, 0.5) is 0 Å². The molecule has 2 aromatic heterocycles. The number of fused-ring (bicyclic) bond motifs is 1. The number of nitriles is 1. The van der Waals surface area contributed by atoms with Gasteiger partial charge in [-0.15, -0.1) is 0 Å². The molecule has 2 aliphatic rings. The average molecular weight is 355 g/mol. The van der Waals surface area contributed by atoms with Gasteiger partial charge in [0.25, 0.3) is 5.91 Å². The predicted octanol–water partition coefficient (Wildman–Crippen LogP) is 2.18. The van der Waals surface area contributed by atoms with Crippen LogP contribution in [0.2, 0.25) is 0 Å². The van der Waals surface area contributed by atoms with E-state index >= 15 is 0 Å². The first-order chi connectivity index (χ1) is 12.2. The molecule has 2 atom stereocenters. The minimum absolute atomic E-state index is 0.0755. The molecule has 4 rings (SSSR count). The summed E-state index contributed by atoms with van der Waals surface area (Å²) < 4.78 is 11.6. The van der Waals surface area contributed by atoms with Gasteiger partial charge in [-0.25, -0.2) is 4.98 Å². The van der Waals surface area contributed by atoms with Gasteiger partial charge in [0.2, 0.25) is 5.88 Å². The Morgan fingerprint density at radius 3 is 3.16 bits per heavy atom. The summed E-state index contributed by atoms with van der Waals surface area (Å²) in [6.45, 7) is 3.00. The summed E-state index contributed by atoms with van der Waals surface area (Å²) in [7, 11) is 0. The normalized spacial score (nSPS) is 24.8. The summed E-state index contributed by atoms with van der Waals surface area (Å²) >= 11 is 1.53. The van der Waals surface area contributed by atoms with Gasteiger partial charge in [0.05, 0.1) is 36.4 Å². The minimum atomic E-state index is -0.193. The summed E-state index contributed by atoms with van der Waals surface area (Å²) in [5.41, 5.74) is 1.05. The van der Waals surface area contributed by atoms with Crippen LogP contribution >= 0.6 is 11.3 Å². The molecule has 7 heteroatoms. The molecule has 0 bridgehead atoms. The van der Waals surface area contributed by atoms with Gasteiger partial charge in [-0.2, -0.15) is 16.6 Å². The first kappa shape index (κ1) is 16.1. The lowest BCUT2D eigenvalue weighted by Gasteiger charge is -2.26. The Balaban J connectivity index is 1.45. The molecule has 0 aromatic carbocycles. The lowest BCUT2D eigenvalue weighted by atomic mass is 9.82. The molecule has 2 saturated heterocycles. The number of hydrogen-bond donors (Lipinski definition) is 0. The third-order valence-corrected chi connectivity index (χ3v) is 5.63. The number of amides is 1. The van der Waals surface area contributed by atoms with Crippen LogP contribution in [0.1, 0.15) is 15.9 Å². The van der Waals surface area contributed by atoms with Crippen molar-refractivity contribution in [3.8, 4) is 11.9 Å². The Hall–Kier alpha value is -2.43. The number of pyridine rings is 1. The SMILES string of the molecule is N#Cc1ccc(OC[C@@]23COC[C@@H]2CN(C(=O)c2ccsc2)C3)nc1. The molecule has 0 saturated carbocycles. The van der Waals surface area contributed by atoms with E-state index < -0.39 is 0 Å². The van der Waals surface area contributed by atoms with Crippen molar-refractivity contribution in [1.29, 1.82) is 5.26 Å². The monoisotopic (exact) mass is 355 g/mol. The van der Waals surface area contributed by atoms with E-state index in [9.17, 15) is 4.79 Å². The minimum Gasteiger partial charge on any atom is -0.477 e. The molecule has 0 spiro atoms. The maximum atomic E-state index is 12.6. The van der Waals surface area contributed by atoms with Crippen molar-refractivity contribution in [2.75, 3.05) is 32.9 Å². The molecule has 4 heterocycles. The predicted molar refractivity (Wildman–Crippen MR) is 91.4 cm³/mol. The fourth-order valence-electron chi connectivity index (χ4n) is 3.51. The Morgan fingerprint density at radius 2 is 2.44 bits per heavy atom. The van der Waals surface area contributed by atoms with Crippen molar-refractivity contribution >= 4 is 17.2 Å². The lowest BCUT2D eigenvalue weighted by Crippen LogP contribution is -2.38. The summed E-state index contributed by atoms with van der Waals surface area (Å²) in [4.78, 5) is 18.7. The highest BCUT2D eigenvalue weighted by Crippen LogP contribution is 2.42. The van der Waals surface area contributed by atoms with Crippen molar-refractivity contribution < 1.29 is 14.3 Å². The van der Waals surface area contributed by atoms with Crippen LogP contribution in [0.15, 0.2) is 35.2 Å². The second-order valence-corrected chi connectivity index (χ2v) is 7.34. The molecule has 2 fully saturated rings. The Labute approximate surface area is 149 Å². The molecule has 0 radical (unpaired) electrons. The van der Waals surface area contributed by atoms with Gasteiger partial charge in [-0.3, -0.25) is 4.79 Å². The van der Waals surface area contributed by atoms with Crippen molar-refractivity contribution in [1.82, 2.24) is 9.88 Å². The number of thiophene rings is 1. The molecule has 0 N–H and O–H groups in total. The van der Waals surface area contributed by atoms with E-state index in [2.05, 4.69) is 4.98 Å². The number of aromatic nitrogens is 1. The fraction of sp³-hybridized carbons (Fsp3) is 0.389. The summed E-state index contributed by atoms with van der Waals surface area (Å²) in [6.07, 6.45) is 1.50. The molecule has 2 aliphatic heterocycles. The third kappa shape index (κ3) is 2.99. The number of likely N-dealkylation sites (tertiary alicyclic amines) is 1. The molecular formula is C18H17N3O3S. The van der Waals surface area contributed by atoms with Gasteiger partial charge in [0.15, 0.2) is 0 Å². The summed E-state index contributed by atoms with van der Waals surface area (Å²) in [6, 6.07) is 7.28. The Morgan fingerprint density at radius 1 is 1.52 bits per heavy atom. The number of carbonyl (C=O) groups excluding carboxylic acids is 1. The van der Waals surface area contributed by atoms with Crippen molar-refractivity contribution in [3.63, 3.8) is 0 Å². The van der Waals surface area contributed by atoms with E-state index in [-0.39, 0.29) is 17.2 Å². The molecule has 2 aromatic rings. The van der Waals surface area contributed by atoms with Crippen LogP contribution in [0.5, 0.6) is 5.88 Å². The van der Waals surface area contributed by atoms with Crippen LogP contribution in [-0.2, 0) is 4.74 Å². The van der Waals surface area contributed by atoms with E-state index in [1.54, 1.807) is 12.1 Å². The van der Waals surface area contributed by atoms with Crippen molar-refractivity contribution in [2.24, 2.45) is 11.3 Å². The Bertz CT molecular complexity index is 800. The van der Waals surface area contributed by atoms with Gasteiger partial charge in [-0.1, -0.05) is 0 Å². The van der Waals surface area contributed by atoms with E-state index in [1.165, 1.54) is 17.5 Å². The zero-order valence-electron chi connectivity index (χ0n) is 13.6. The third-order valence-electron chi connectivity index (χ3n) is 4.95. The standard InChI is InChI=1S/C18H17N3O3S/c19-5-13-1-2-16(20-6-13)24-12-18-10-21(7-15(18)8-23-11-18)17(22)14-3-4-25-9-14/h1-4,6,9,15H,7-8,10-12H2/t15-,18+/m0/s1. The number of hydrogen-bond acceptors (Lipinski definition) is 6. The number of nitrogens with zero attached hydrogens (tertiary/aromatic N) is 3. The molecule has 0 unspecified atom stereocenters. The van der Waals surface area contributed by atoms with Gasteiger partial charge in [0.1, 0.15) is 6.07 Å². The van der Waals surface area contributed by atoms with Crippen LogP contribution < -0.4 is 4.74 Å². The first-order valence-electron chi connectivity index (χ1n) is 8.08. The molecule has 6 nitrogen and oxygen atoms in total. The molecule has 128 valence electrons. The van der Waals surface area contributed by atoms with Crippen LogP contribution in [0.25, 0.3) is 0 Å². The van der Waals surface area contributed by atoms with Crippen LogP contribution in [-0.4, -0.2) is 48.7 Å². The molecule has 0 aliphatic carbocycles. The highest BCUT2D eigenvalue weighted by Gasteiger charge is 2.52. The van der Waals surface area contributed by atoms with Gasteiger partial charge >= 0.3 is 0 Å². The van der Waals surface area contributed by atoms with Crippen LogP contribution in [0.3, 0.4) is 0 Å². The highest BCUT2D eigenvalue weighted by atomic mass is 32.1. The second kappa shape index (κ2) is 6.47. The Kier molecular flexibility index (Phi) is 4.15. The van der Waals surface area contributed by atoms with E-state index in [1.807, 2.05) is 27.8 Å². The largest absolute Gasteiger partial charge is 0.477 e. The zero-order valence-corrected chi connectivity index (χ0v) is 14.4. The maximum absolute atomic E-state index is 12.6. The quantitative estimate of drug-likeness (QED) is 0.840. The molecule has 1 amide bonds. The van der Waals surface area contributed by atoms with Crippen molar-refractivity contribution in [3.05, 3.63) is 46.3 Å². The number of rotatable bonds is 4. The van der Waals surface area contributed by atoms with Crippen LogP contribution in [0, 0.1) is 22.7 Å². The first-order valence-corrected chi connectivity index (χ1v) is 9.03. The highest BCUT2D eigenvalue weighted by molar-refractivity contribution is 7.08. The van der Waals surface area contributed by atoms with Gasteiger partial charge in [0, 0.05) is 36.7 Å². The smallest absolute Gasteiger partial charge is 0.254 e. The van der Waals surface area contributed by atoms with E-state index in [4.69, 9.17) is 14.7 Å². The van der Waals surface area contributed by atoms with Gasteiger partial charge < -0.3 is 14.4 Å². The summed E-state index contributed by atoms with van der Waals surface area (Å²) in [5, 5.41) is 12.6. The lowest BCUT2D eigenvalue weighted by molar-refractivity contribution is 0.0656. The zero-order chi connectivity index (χ0) is 17.3. The fourth-order valence-corrected chi connectivity index (χ4v) is 4.14. The molecular weight excluding hydrogens is 338 g/mol. The van der Waals surface area contributed by atoms with Gasteiger partial charge in [-0.05, 0) is 17.5 Å². The van der Waals surface area contributed by atoms with Crippen molar-refractivity contribution in [2.45, 2.75) is 0 Å².